The second-order valence-corrected chi connectivity index (χ2v) is 5.64. The molecule has 1 aliphatic rings. The number of anilines is 1. The first kappa shape index (κ1) is 16.2. The number of benzene rings is 1. The molecule has 1 amide bonds. The largest absolute Gasteiger partial charge is 0.450 e. The van der Waals surface area contributed by atoms with Crippen LogP contribution in [0.4, 0.5) is 10.7 Å². The molecule has 1 fully saturated rings. The van der Waals surface area contributed by atoms with E-state index in [1.165, 1.54) is 0 Å². The van der Waals surface area contributed by atoms with E-state index in [0.717, 1.165) is 24.1 Å². The molecule has 0 atom stereocenters. The quantitative estimate of drug-likeness (QED) is 0.929. The first-order valence-electron chi connectivity index (χ1n) is 8.19. The second-order valence-electron chi connectivity index (χ2n) is 5.64. The Morgan fingerprint density at radius 2 is 2.04 bits per heavy atom. The van der Waals surface area contributed by atoms with E-state index in [0.29, 0.717) is 25.6 Å². The van der Waals surface area contributed by atoms with Crippen molar-refractivity contribution in [3.63, 3.8) is 0 Å². The highest BCUT2D eigenvalue weighted by molar-refractivity contribution is 5.67. The number of ether oxygens (including phenoxy) is 1. The van der Waals surface area contributed by atoms with Crippen LogP contribution in [0.3, 0.4) is 0 Å². The van der Waals surface area contributed by atoms with Gasteiger partial charge in [-0.3, -0.25) is 0 Å². The van der Waals surface area contributed by atoms with E-state index >= 15 is 0 Å². The number of carbonyl (C=O) groups is 1. The molecule has 0 bridgehead atoms. The van der Waals surface area contributed by atoms with Crippen molar-refractivity contribution in [2.45, 2.75) is 25.8 Å². The summed E-state index contributed by atoms with van der Waals surface area (Å²) in [7, 11) is 0. The molecular weight excluding hydrogens is 306 g/mol. The summed E-state index contributed by atoms with van der Waals surface area (Å²) in [5.74, 6) is 0.519. The van der Waals surface area contributed by atoms with Crippen LogP contribution in [0.1, 0.15) is 19.8 Å². The van der Waals surface area contributed by atoms with Gasteiger partial charge in [0.2, 0.25) is 5.95 Å². The van der Waals surface area contributed by atoms with E-state index in [9.17, 15) is 4.79 Å². The molecule has 126 valence electrons. The van der Waals surface area contributed by atoms with Crippen LogP contribution < -0.4 is 5.32 Å². The van der Waals surface area contributed by atoms with Crippen molar-refractivity contribution in [1.29, 1.82) is 0 Å². The van der Waals surface area contributed by atoms with Gasteiger partial charge in [0.1, 0.15) is 0 Å². The molecule has 0 radical (unpaired) electrons. The Morgan fingerprint density at radius 1 is 1.29 bits per heavy atom. The van der Waals surface area contributed by atoms with E-state index in [4.69, 9.17) is 4.74 Å². The summed E-state index contributed by atoms with van der Waals surface area (Å²) in [6, 6.07) is 10.1. The lowest BCUT2D eigenvalue weighted by molar-refractivity contribution is 0.0983. The Hall–Kier alpha value is -2.70. The number of carbonyl (C=O) groups excluding carboxylic acids is 1. The van der Waals surface area contributed by atoms with Crippen LogP contribution in [-0.4, -0.2) is 51.9 Å². The van der Waals surface area contributed by atoms with Gasteiger partial charge < -0.3 is 15.0 Å². The highest BCUT2D eigenvalue weighted by Crippen LogP contribution is 2.18. The zero-order valence-corrected chi connectivity index (χ0v) is 13.7. The van der Waals surface area contributed by atoms with Gasteiger partial charge in [0.25, 0.3) is 0 Å². The number of rotatable bonds is 4. The summed E-state index contributed by atoms with van der Waals surface area (Å²) in [6.07, 6.45) is 3.08. The molecule has 7 nitrogen and oxygen atoms in total. The molecule has 2 aromatic rings. The third kappa shape index (κ3) is 3.98. The molecule has 0 spiro atoms. The molecule has 1 aromatic heterocycles. The lowest BCUT2D eigenvalue weighted by Crippen LogP contribution is -2.42. The third-order valence-electron chi connectivity index (χ3n) is 3.98. The Morgan fingerprint density at radius 3 is 2.75 bits per heavy atom. The van der Waals surface area contributed by atoms with Crippen molar-refractivity contribution >= 4 is 12.0 Å². The second kappa shape index (κ2) is 7.72. The van der Waals surface area contributed by atoms with Gasteiger partial charge in [-0.2, -0.15) is 5.10 Å². The van der Waals surface area contributed by atoms with Crippen molar-refractivity contribution in [1.82, 2.24) is 20.1 Å². The Labute approximate surface area is 141 Å². The van der Waals surface area contributed by atoms with Crippen molar-refractivity contribution in [2.24, 2.45) is 0 Å². The van der Waals surface area contributed by atoms with Gasteiger partial charge in [-0.15, -0.1) is 5.10 Å². The number of nitrogens with one attached hydrogen (secondary N) is 1. The third-order valence-corrected chi connectivity index (χ3v) is 3.98. The summed E-state index contributed by atoms with van der Waals surface area (Å²) in [6.45, 7) is 3.56. The Balaban J connectivity index is 1.59. The van der Waals surface area contributed by atoms with Crippen LogP contribution in [0.2, 0.25) is 0 Å². The lowest BCUT2D eigenvalue weighted by Gasteiger charge is -2.31. The molecular formula is C17H21N5O2. The van der Waals surface area contributed by atoms with Crippen molar-refractivity contribution in [3.8, 4) is 11.3 Å². The van der Waals surface area contributed by atoms with Crippen molar-refractivity contribution in [3.05, 3.63) is 36.5 Å². The normalized spacial score (nSPS) is 15.1. The fourth-order valence-corrected chi connectivity index (χ4v) is 2.72. The van der Waals surface area contributed by atoms with E-state index in [1.54, 1.807) is 11.1 Å². The van der Waals surface area contributed by atoms with Gasteiger partial charge >= 0.3 is 6.09 Å². The van der Waals surface area contributed by atoms with Crippen LogP contribution >= 0.6 is 0 Å². The van der Waals surface area contributed by atoms with Gasteiger partial charge in [-0.05, 0) is 19.8 Å². The maximum Gasteiger partial charge on any atom is 0.409 e. The fourth-order valence-electron chi connectivity index (χ4n) is 2.72. The molecule has 1 aliphatic heterocycles. The Kier molecular flexibility index (Phi) is 5.20. The number of hydrogen-bond donors (Lipinski definition) is 1. The number of likely N-dealkylation sites (tertiary alicyclic amines) is 1. The molecule has 3 rings (SSSR count). The number of piperidine rings is 1. The molecule has 1 saturated heterocycles. The molecule has 24 heavy (non-hydrogen) atoms. The maximum atomic E-state index is 11.7. The van der Waals surface area contributed by atoms with Gasteiger partial charge in [-0.1, -0.05) is 30.3 Å². The topological polar surface area (TPSA) is 80.2 Å². The standard InChI is InChI=1S/C17H21N5O2/c1-2-24-17(23)22-10-8-14(9-11-22)19-16-20-15(12-18-21-16)13-6-4-3-5-7-13/h3-7,12,14H,2,8-11H2,1H3,(H,19,20,21). The first-order valence-corrected chi connectivity index (χ1v) is 8.19. The average molecular weight is 327 g/mol. The van der Waals surface area contributed by atoms with Gasteiger partial charge in [0, 0.05) is 24.7 Å². The highest BCUT2D eigenvalue weighted by Gasteiger charge is 2.24. The average Bonchev–Trinajstić information content (AvgIpc) is 2.63. The molecule has 1 aromatic carbocycles. The van der Waals surface area contributed by atoms with Gasteiger partial charge in [0.05, 0.1) is 18.5 Å². The summed E-state index contributed by atoms with van der Waals surface area (Å²) in [5, 5.41) is 11.4. The smallest absolute Gasteiger partial charge is 0.409 e. The first-order chi connectivity index (χ1) is 11.8. The number of aromatic nitrogens is 3. The molecule has 2 heterocycles. The zero-order valence-electron chi connectivity index (χ0n) is 13.7. The van der Waals surface area contributed by atoms with E-state index in [-0.39, 0.29) is 12.1 Å². The SMILES string of the molecule is CCOC(=O)N1CCC(Nc2nncc(-c3ccccc3)n2)CC1. The molecule has 1 N–H and O–H groups in total. The minimum Gasteiger partial charge on any atom is -0.450 e. The molecule has 0 unspecified atom stereocenters. The van der Waals surface area contributed by atoms with E-state index in [1.807, 2.05) is 37.3 Å². The number of nitrogens with zero attached hydrogens (tertiary/aromatic N) is 4. The van der Waals surface area contributed by atoms with E-state index in [2.05, 4.69) is 20.5 Å². The summed E-state index contributed by atoms with van der Waals surface area (Å²) in [4.78, 5) is 18.0. The summed E-state index contributed by atoms with van der Waals surface area (Å²) in [5.41, 5.74) is 1.80. The highest BCUT2D eigenvalue weighted by atomic mass is 16.6. The predicted octanol–water partition coefficient (Wildman–Crippen LogP) is 2.57. The Bertz CT molecular complexity index is 672. The number of amides is 1. The predicted molar refractivity (Wildman–Crippen MR) is 90.5 cm³/mol. The molecule has 0 aliphatic carbocycles. The van der Waals surface area contributed by atoms with Gasteiger partial charge in [0.15, 0.2) is 0 Å². The minimum atomic E-state index is -0.236. The summed E-state index contributed by atoms with van der Waals surface area (Å²) >= 11 is 0. The van der Waals surface area contributed by atoms with Crippen LogP contribution in [0.5, 0.6) is 0 Å². The monoisotopic (exact) mass is 327 g/mol. The molecule has 0 saturated carbocycles. The van der Waals surface area contributed by atoms with Crippen molar-refractivity contribution < 1.29 is 9.53 Å². The zero-order chi connectivity index (χ0) is 16.8. The lowest BCUT2D eigenvalue weighted by atomic mass is 10.1. The maximum absolute atomic E-state index is 11.7. The molecule has 7 heteroatoms. The number of hydrogen-bond acceptors (Lipinski definition) is 6. The van der Waals surface area contributed by atoms with Crippen LogP contribution in [0.25, 0.3) is 11.3 Å². The van der Waals surface area contributed by atoms with Crippen molar-refractivity contribution in [2.75, 3.05) is 25.0 Å². The summed E-state index contributed by atoms with van der Waals surface area (Å²) < 4.78 is 5.03. The fraction of sp³-hybridized carbons (Fsp3) is 0.412. The van der Waals surface area contributed by atoms with Crippen LogP contribution in [-0.2, 0) is 4.74 Å². The van der Waals surface area contributed by atoms with E-state index < -0.39 is 0 Å². The van der Waals surface area contributed by atoms with Crippen LogP contribution in [0.15, 0.2) is 36.5 Å². The minimum absolute atomic E-state index is 0.225. The van der Waals surface area contributed by atoms with Gasteiger partial charge in [-0.25, -0.2) is 9.78 Å². The van der Waals surface area contributed by atoms with Crippen LogP contribution in [0, 0.1) is 0 Å².